The maximum absolute atomic E-state index is 12.2. The monoisotopic (exact) mass is 185 g/mol. The largest absolute Gasteiger partial charge is 0.394 e. The van der Waals surface area contributed by atoms with Crippen LogP contribution in [0.15, 0.2) is 10.9 Å². The molecule has 6 heteroatoms. The van der Waals surface area contributed by atoms with Gasteiger partial charge in [0.2, 0.25) is 5.43 Å². The van der Waals surface area contributed by atoms with E-state index in [2.05, 4.69) is 4.98 Å². The zero-order chi connectivity index (χ0) is 10.0. The molecule has 0 saturated heterocycles. The van der Waals surface area contributed by atoms with Crippen LogP contribution in [0.4, 0.5) is 14.5 Å². The third-order valence-electron chi connectivity index (χ3n) is 1.44. The molecular formula is C7H5F2N3O. The van der Waals surface area contributed by atoms with Crippen molar-refractivity contribution in [2.24, 2.45) is 0 Å². The van der Waals surface area contributed by atoms with E-state index in [-0.39, 0.29) is 5.69 Å². The molecule has 0 fully saturated rings. The van der Waals surface area contributed by atoms with Crippen molar-refractivity contribution < 1.29 is 8.78 Å². The number of pyridine rings is 1. The van der Waals surface area contributed by atoms with Crippen LogP contribution in [-0.4, -0.2) is 4.98 Å². The van der Waals surface area contributed by atoms with Crippen LogP contribution < -0.4 is 11.2 Å². The van der Waals surface area contributed by atoms with Crippen LogP contribution >= 0.6 is 0 Å². The third kappa shape index (κ3) is 1.64. The molecule has 0 aromatic carbocycles. The van der Waals surface area contributed by atoms with E-state index in [1.54, 1.807) is 6.07 Å². The fourth-order valence-electron chi connectivity index (χ4n) is 0.822. The van der Waals surface area contributed by atoms with Crippen molar-refractivity contribution in [1.82, 2.24) is 4.98 Å². The number of anilines is 1. The first kappa shape index (κ1) is 9.19. The van der Waals surface area contributed by atoms with Gasteiger partial charge in [-0.05, 0) is 0 Å². The maximum atomic E-state index is 12.2. The predicted octanol–water partition coefficient (Wildman–Crippen LogP) is 0.766. The number of nitrogens with two attached hydrogens (primary N) is 1. The Kier molecular flexibility index (Phi) is 2.28. The molecule has 0 saturated carbocycles. The van der Waals surface area contributed by atoms with Crippen molar-refractivity contribution in [3.63, 3.8) is 0 Å². The molecule has 0 aliphatic heterocycles. The van der Waals surface area contributed by atoms with Crippen molar-refractivity contribution >= 4 is 5.69 Å². The minimum absolute atomic E-state index is 0.227. The van der Waals surface area contributed by atoms with E-state index in [1.807, 2.05) is 0 Å². The van der Waals surface area contributed by atoms with Crippen molar-refractivity contribution in [3.8, 4) is 6.07 Å². The highest BCUT2D eigenvalue weighted by atomic mass is 19.3. The number of nitrogens with zero attached hydrogens (tertiary/aromatic N) is 1. The number of alkyl halides is 2. The number of rotatable bonds is 1. The SMILES string of the molecule is N#Cc1cc(=O)c(N)c(C(F)F)[nH]1. The van der Waals surface area contributed by atoms with Gasteiger partial charge in [-0.3, -0.25) is 4.79 Å². The molecule has 1 rings (SSSR count). The van der Waals surface area contributed by atoms with Gasteiger partial charge < -0.3 is 10.7 Å². The zero-order valence-electron chi connectivity index (χ0n) is 6.34. The van der Waals surface area contributed by atoms with Crippen LogP contribution in [0.5, 0.6) is 0 Å². The Balaban J connectivity index is 3.44. The first-order valence-electron chi connectivity index (χ1n) is 3.27. The number of hydrogen-bond acceptors (Lipinski definition) is 3. The van der Waals surface area contributed by atoms with Crippen molar-refractivity contribution in [2.75, 3.05) is 5.73 Å². The van der Waals surface area contributed by atoms with E-state index in [0.29, 0.717) is 0 Å². The Morgan fingerprint density at radius 1 is 1.62 bits per heavy atom. The Morgan fingerprint density at radius 3 is 2.69 bits per heavy atom. The average molecular weight is 185 g/mol. The van der Waals surface area contributed by atoms with Gasteiger partial charge in [0, 0.05) is 6.07 Å². The van der Waals surface area contributed by atoms with Crippen LogP contribution in [0.25, 0.3) is 0 Å². The fourth-order valence-corrected chi connectivity index (χ4v) is 0.822. The molecule has 0 atom stereocenters. The van der Waals surface area contributed by atoms with Gasteiger partial charge in [0.15, 0.2) is 0 Å². The molecule has 0 radical (unpaired) electrons. The normalized spacial score (nSPS) is 10.0. The molecule has 13 heavy (non-hydrogen) atoms. The Bertz CT molecular complexity index is 419. The van der Waals surface area contributed by atoms with Gasteiger partial charge in [0.05, 0.1) is 0 Å². The fraction of sp³-hybridized carbons (Fsp3) is 0.143. The summed E-state index contributed by atoms with van der Waals surface area (Å²) < 4.78 is 24.3. The molecular weight excluding hydrogens is 180 g/mol. The standard InChI is InChI=1S/C7H5F2N3O/c8-7(9)6-5(11)4(13)1-3(2-10)12-6/h1,7H,11H2,(H,12,13). The number of nitriles is 1. The van der Waals surface area contributed by atoms with Crippen molar-refractivity contribution in [2.45, 2.75) is 6.43 Å². The van der Waals surface area contributed by atoms with Crippen molar-refractivity contribution in [3.05, 3.63) is 27.7 Å². The average Bonchev–Trinajstić information content (AvgIpc) is 2.09. The second-order valence-electron chi connectivity index (χ2n) is 2.29. The number of nitrogen functional groups attached to an aromatic ring is 1. The lowest BCUT2D eigenvalue weighted by Crippen LogP contribution is -2.13. The van der Waals surface area contributed by atoms with Gasteiger partial charge in [-0.2, -0.15) is 5.26 Å². The summed E-state index contributed by atoms with van der Waals surface area (Å²) in [5.74, 6) is 0. The van der Waals surface area contributed by atoms with E-state index >= 15 is 0 Å². The summed E-state index contributed by atoms with van der Waals surface area (Å²) >= 11 is 0. The molecule has 0 amide bonds. The summed E-state index contributed by atoms with van der Waals surface area (Å²) in [6, 6.07) is 2.42. The predicted molar refractivity (Wildman–Crippen MR) is 41.1 cm³/mol. The first-order chi connectivity index (χ1) is 6.06. The van der Waals surface area contributed by atoms with Gasteiger partial charge in [0.25, 0.3) is 6.43 Å². The van der Waals surface area contributed by atoms with Gasteiger partial charge >= 0.3 is 0 Å². The number of halogens is 2. The highest BCUT2D eigenvalue weighted by Crippen LogP contribution is 2.19. The maximum Gasteiger partial charge on any atom is 0.280 e. The minimum atomic E-state index is -2.89. The van der Waals surface area contributed by atoms with E-state index in [9.17, 15) is 13.6 Å². The van der Waals surface area contributed by atoms with Crippen LogP contribution in [-0.2, 0) is 0 Å². The minimum Gasteiger partial charge on any atom is -0.394 e. The third-order valence-corrected chi connectivity index (χ3v) is 1.44. The van der Waals surface area contributed by atoms with Gasteiger partial charge in [0.1, 0.15) is 23.1 Å². The number of nitrogens with one attached hydrogen (secondary N) is 1. The van der Waals surface area contributed by atoms with E-state index in [1.165, 1.54) is 0 Å². The topological polar surface area (TPSA) is 82.7 Å². The number of aromatic nitrogens is 1. The quantitative estimate of drug-likeness (QED) is 0.677. The molecule has 0 unspecified atom stereocenters. The second kappa shape index (κ2) is 3.23. The van der Waals surface area contributed by atoms with E-state index in [0.717, 1.165) is 6.07 Å². The molecule has 1 aromatic rings. The molecule has 68 valence electrons. The second-order valence-corrected chi connectivity index (χ2v) is 2.29. The molecule has 0 aliphatic carbocycles. The molecule has 0 bridgehead atoms. The Morgan fingerprint density at radius 2 is 2.23 bits per heavy atom. The summed E-state index contributed by atoms with van der Waals surface area (Å²) in [6.07, 6.45) is -2.89. The first-order valence-corrected chi connectivity index (χ1v) is 3.27. The van der Waals surface area contributed by atoms with Gasteiger partial charge in [-0.1, -0.05) is 0 Å². The summed E-state index contributed by atoms with van der Waals surface area (Å²) in [7, 11) is 0. The Hall–Kier alpha value is -1.90. The molecule has 0 aliphatic rings. The van der Waals surface area contributed by atoms with Crippen molar-refractivity contribution in [1.29, 1.82) is 5.26 Å². The Labute approximate surface area is 71.6 Å². The number of aromatic amines is 1. The van der Waals surface area contributed by atoms with Crippen LogP contribution in [0.1, 0.15) is 17.8 Å². The highest BCUT2D eigenvalue weighted by Gasteiger charge is 2.15. The summed E-state index contributed by atoms with van der Waals surface area (Å²) in [5, 5.41) is 8.35. The lowest BCUT2D eigenvalue weighted by Gasteiger charge is -2.03. The molecule has 3 N–H and O–H groups in total. The van der Waals surface area contributed by atoms with E-state index in [4.69, 9.17) is 11.0 Å². The van der Waals surface area contributed by atoms with Gasteiger partial charge in [-0.15, -0.1) is 0 Å². The lowest BCUT2D eigenvalue weighted by molar-refractivity contribution is 0.147. The summed E-state index contributed by atoms with van der Waals surface area (Å²) in [5.41, 5.74) is 2.82. The summed E-state index contributed by atoms with van der Waals surface area (Å²) in [4.78, 5) is 13.0. The number of hydrogen-bond donors (Lipinski definition) is 2. The smallest absolute Gasteiger partial charge is 0.280 e. The molecule has 1 aromatic heterocycles. The van der Waals surface area contributed by atoms with Gasteiger partial charge in [-0.25, -0.2) is 8.78 Å². The van der Waals surface area contributed by atoms with Crippen LogP contribution in [0, 0.1) is 11.3 Å². The highest BCUT2D eigenvalue weighted by molar-refractivity contribution is 5.45. The van der Waals surface area contributed by atoms with Crippen LogP contribution in [0.3, 0.4) is 0 Å². The van der Waals surface area contributed by atoms with E-state index < -0.39 is 23.2 Å². The van der Waals surface area contributed by atoms with Crippen LogP contribution in [0.2, 0.25) is 0 Å². The zero-order valence-corrected chi connectivity index (χ0v) is 6.34. The molecule has 0 spiro atoms. The number of H-pyrrole nitrogens is 1. The molecule has 4 nitrogen and oxygen atoms in total. The lowest BCUT2D eigenvalue weighted by atomic mass is 10.2. The summed E-state index contributed by atoms with van der Waals surface area (Å²) in [6.45, 7) is 0. The molecule has 1 heterocycles.